The van der Waals surface area contributed by atoms with E-state index in [9.17, 15) is 13.2 Å². The van der Waals surface area contributed by atoms with Crippen molar-refractivity contribution in [2.45, 2.75) is 25.3 Å². The molecular weight excluding hydrogens is 328 g/mol. The van der Waals surface area contributed by atoms with Gasteiger partial charge in [0.15, 0.2) is 9.84 Å². The van der Waals surface area contributed by atoms with Gasteiger partial charge >= 0.3 is 0 Å². The molecule has 0 saturated carbocycles. The van der Waals surface area contributed by atoms with E-state index in [0.29, 0.717) is 18.1 Å². The van der Waals surface area contributed by atoms with E-state index >= 15 is 0 Å². The highest BCUT2D eigenvalue weighted by Crippen LogP contribution is 2.16. The molecule has 0 saturated heterocycles. The third kappa shape index (κ3) is 5.06. The molecule has 6 nitrogen and oxygen atoms in total. The van der Waals surface area contributed by atoms with Gasteiger partial charge in [0.25, 0.3) is 0 Å². The van der Waals surface area contributed by atoms with Crippen molar-refractivity contribution < 1.29 is 17.9 Å². The molecule has 7 heteroatoms. The number of pyridine rings is 1. The summed E-state index contributed by atoms with van der Waals surface area (Å²) < 4.78 is 28.5. The minimum atomic E-state index is -3.42. The minimum absolute atomic E-state index is 0.149. The van der Waals surface area contributed by atoms with Crippen molar-refractivity contribution in [3.05, 3.63) is 59.8 Å². The van der Waals surface area contributed by atoms with Gasteiger partial charge < -0.3 is 10.1 Å². The molecule has 1 atom stereocenters. The van der Waals surface area contributed by atoms with Gasteiger partial charge in [0.1, 0.15) is 11.9 Å². The molecule has 0 fully saturated rings. The Bertz CT molecular complexity index is 791. The average Bonchev–Trinajstić information content (AvgIpc) is 2.58. The lowest BCUT2D eigenvalue weighted by molar-refractivity contribution is -0.120. The molecule has 1 amide bonds. The van der Waals surface area contributed by atoms with Crippen LogP contribution in [0.1, 0.15) is 18.1 Å². The second-order valence-electron chi connectivity index (χ2n) is 5.43. The zero-order valence-corrected chi connectivity index (χ0v) is 14.4. The molecular formula is C17H20N2O4S. The van der Waals surface area contributed by atoms with E-state index in [1.54, 1.807) is 18.3 Å². The standard InChI is InChI=1S/C17H20N2O4S/c1-13(24(2,21)22)16(20)19-11-15-9-6-10-18-17(15)23-12-14-7-4-3-5-8-14/h3-10,13H,11-12H2,1-2H3,(H,19,20)/t13-/m0/s1. The fourth-order valence-electron chi connectivity index (χ4n) is 1.94. The number of rotatable bonds is 7. The Balaban J connectivity index is 2.00. The number of nitrogens with zero attached hydrogens (tertiary/aromatic N) is 1. The molecule has 1 N–H and O–H groups in total. The molecule has 24 heavy (non-hydrogen) atoms. The third-order valence-electron chi connectivity index (χ3n) is 3.53. The van der Waals surface area contributed by atoms with Crippen molar-refractivity contribution in [1.82, 2.24) is 10.3 Å². The van der Waals surface area contributed by atoms with E-state index < -0.39 is 21.0 Å². The molecule has 0 aliphatic rings. The lowest BCUT2D eigenvalue weighted by Gasteiger charge is -2.13. The van der Waals surface area contributed by atoms with E-state index in [1.165, 1.54) is 6.92 Å². The summed E-state index contributed by atoms with van der Waals surface area (Å²) >= 11 is 0. The summed E-state index contributed by atoms with van der Waals surface area (Å²) in [5.74, 6) is -0.135. The summed E-state index contributed by atoms with van der Waals surface area (Å²) in [6.45, 7) is 1.87. The van der Waals surface area contributed by atoms with Crippen LogP contribution in [0.15, 0.2) is 48.7 Å². The zero-order valence-electron chi connectivity index (χ0n) is 13.6. The molecule has 1 aromatic heterocycles. The Kier molecular flexibility index (Phi) is 5.92. The fraction of sp³-hybridized carbons (Fsp3) is 0.294. The number of ether oxygens (including phenoxy) is 1. The fourth-order valence-corrected chi connectivity index (χ4v) is 2.41. The lowest BCUT2D eigenvalue weighted by atomic mass is 10.2. The predicted molar refractivity (Wildman–Crippen MR) is 91.2 cm³/mol. The Morgan fingerprint density at radius 2 is 1.92 bits per heavy atom. The van der Waals surface area contributed by atoms with E-state index in [1.807, 2.05) is 30.3 Å². The van der Waals surface area contributed by atoms with Gasteiger partial charge in [-0.1, -0.05) is 36.4 Å². The van der Waals surface area contributed by atoms with Gasteiger partial charge in [-0.15, -0.1) is 0 Å². The molecule has 0 aliphatic carbocycles. The highest BCUT2D eigenvalue weighted by atomic mass is 32.2. The van der Waals surface area contributed by atoms with Crippen LogP contribution in [0.5, 0.6) is 5.88 Å². The maximum absolute atomic E-state index is 11.9. The van der Waals surface area contributed by atoms with E-state index in [4.69, 9.17) is 4.74 Å². The Morgan fingerprint density at radius 1 is 1.21 bits per heavy atom. The van der Waals surface area contributed by atoms with Gasteiger partial charge in [-0.2, -0.15) is 0 Å². The number of aromatic nitrogens is 1. The van der Waals surface area contributed by atoms with Gasteiger partial charge in [-0.3, -0.25) is 4.79 Å². The van der Waals surface area contributed by atoms with E-state index in [-0.39, 0.29) is 6.54 Å². The van der Waals surface area contributed by atoms with Crippen LogP contribution in [0.4, 0.5) is 0 Å². The third-order valence-corrected chi connectivity index (χ3v) is 5.03. The van der Waals surface area contributed by atoms with Crippen molar-refractivity contribution in [2.75, 3.05) is 6.26 Å². The number of sulfone groups is 1. The second kappa shape index (κ2) is 7.92. The van der Waals surface area contributed by atoms with Gasteiger partial charge in [-0.05, 0) is 18.6 Å². The number of carbonyl (C=O) groups is 1. The number of carbonyl (C=O) groups excluding carboxylic acids is 1. The summed E-state index contributed by atoms with van der Waals surface area (Å²) in [5.41, 5.74) is 1.69. The first-order valence-electron chi connectivity index (χ1n) is 7.45. The maximum atomic E-state index is 11.9. The van der Waals surface area contributed by atoms with Crippen LogP contribution in [-0.2, 0) is 27.8 Å². The summed E-state index contributed by atoms with van der Waals surface area (Å²) in [6, 6.07) is 13.2. The largest absolute Gasteiger partial charge is 0.473 e. The monoisotopic (exact) mass is 348 g/mol. The number of amides is 1. The lowest BCUT2D eigenvalue weighted by Crippen LogP contribution is -2.37. The average molecular weight is 348 g/mol. The predicted octanol–water partition coefficient (Wildman–Crippen LogP) is 1.71. The molecule has 1 heterocycles. The van der Waals surface area contributed by atoms with Gasteiger partial charge in [0, 0.05) is 24.6 Å². The topological polar surface area (TPSA) is 85.4 Å². The van der Waals surface area contributed by atoms with Crippen molar-refractivity contribution in [1.29, 1.82) is 0 Å². The first-order chi connectivity index (χ1) is 11.4. The van der Waals surface area contributed by atoms with Crippen molar-refractivity contribution in [3.8, 4) is 5.88 Å². The van der Waals surface area contributed by atoms with Crippen LogP contribution in [-0.4, -0.2) is 30.8 Å². The normalized spacial score (nSPS) is 12.4. The minimum Gasteiger partial charge on any atom is -0.473 e. The highest BCUT2D eigenvalue weighted by molar-refractivity contribution is 7.92. The number of hydrogen-bond acceptors (Lipinski definition) is 5. The maximum Gasteiger partial charge on any atom is 0.238 e. The second-order valence-corrected chi connectivity index (χ2v) is 7.80. The van der Waals surface area contributed by atoms with Gasteiger partial charge in [-0.25, -0.2) is 13.4 Å². The van der Waals surface area contributed by atoms with E-state index in [0.717, 1.165) is 11.8 Å². The molecule has 2 rings (SSSR count). The van der Waals surface area contributed by atoms with Crippen LogP contribution in [0.2, 0.25) is 0 Å². The van der Waals surface area contributed by atoms with Crippen molar-refractivity contribution >= 4 is 15.7 Å². The molecule has 0 radical (unpaired) electrons. The Hall–Kier alpha value is -2.41. The number of benzene rings is 1. The van der Waals surface area contributed by atoms with Crippen LogP contribution in [0, 0.1) is 0 Å². The molecule has 0 spiro atoms. The van der Waals surface area contributed by atoms with Crippen LogP contribution in [0.25, 0.3) is 0 Å². The summed E-state index contributed by atoms with van der Waals surface area (Å²) in [6.07, 6.45) is 2.64. The van der Waals surface area contributed by atoms with Crippen LogP contribution >= 0.6 is 0 Å². The smallest absolute Gasteiger partial charge is 0.238 e. The molecule has 0 bridgehead atoms. The first kappa shape index (κ1) is 17.9. The van der Waals surface area contributed by atoms with E-state index in [2.05, 4.69) is 10.3 Å². The summed E-state index contributed by atoms with van der Waals surface area (Å²) in [4.78, 5) is 16.1. The highest BCUT2D eigenvalue weighted by Gasteiger charge is 2.23. The SMILES string of the molecule is C[C@@H](C(=O)NCc1cccnc1OCc1ccccc1)S(C)(=O)=O. The number of nitrogens with one attached hydrogen (secondary N) is 1. The zero-order chi connectivity index (χ0) is 17.6. The van der Waals surface area contributed by atoms with Crippen molar-refractivity contribution in [3.63, 3.8) is 0 Å². The van der Waals surface area contributed by atoms with Crippen molar-refractivity contribution in [2.24, 2.45) is 0 Å². The molecule has 0 unspecified atom stereocenters. The molecule has 1 aromatic carbocycles. The first-order valence-corrected chi connectivity index (χ1v) is 9.40. The summed E-state index contributed by atoms with van der Waals surface area (Å²) in [7, 11) is -3.42. The van der Waals surface area contributed by atoms with Gasteiger partial charge in [0.05, 0.1) is 0 Å². The quantitative estimate of drug-likeness (QED) is 0.823. The van der Waals surface area contributed by atoms with Crippen LogP contribution in [0.3, 0.4) is 0 Å². The molecule has 2 aromatic rings. The Morgan fingerprint density at radius 3 is 2.58 bits per heavy atom. The van der Waals surface area contributed by atoms with Gasteiger partial charge in [0.2, 0.25) is 11.8 Å². The van der Waals surface area contributed by atoms with Crippen LogP contribution < -0.4 is 10.1 Å². The molecule has 128 valence electrons. The Labute approximate surface area is 141 Å². The summed E-state index contributed by atoms with van der Waals surface area (Å²) in [5, 5.41) is 1.51. The molecule has 0 aliphatic heterocycles. The number of hydrogen-bond donors (Lipinski definition) is 1.